The van der Waals surface area contributed by atoms with Gasteiger partial charge in [-0.2, -0.15) is 0 Å². The minimum absolute atomic E-state index is 0.00406. The summed E-state index contributed by atoms with van der Waals surface area (Å²) in [5, 5.41) is 2.46. The Bertz CT molecular complexity index is 888. The maximum Gasteiger partial charge on any atom is 0.414 e. The van der Waals surface area contributed by atoms with E-state index < -0.39 is 48.4 Å². The van der Waals surface area contributed by atoms with Gasteiger partial charge in [0.05, 0.1) is 25.4 Å². The SMILES string of the molecule is CCOP1(=O)CCN(c2c(F)cc(N3C[C@H](CNC(C)=O)OC3=O)c(F)c2F)CC1. The molecule has 30 heavy (non-hydrogen) atoms. The lowest BCUT2D eigenvalue weighted by molar-refractivity contribution is -0.119. The Morgan fingerprint density at radius 1 is 1.30 bits per heavy atom. The molecule has 2 aliphatic rings. The number of carbonyl (C=O) groups is 2. The monoisotopic (exact) mass is 449 g/mol. The fourth-order valence-electron chi connectivity index (χ4n) is 3.50. The molecule has 0 spiro atoms. The van der Waals surface area contributed by atoms with E-state index in [2.05, 4.69) is 5.32 Å². The smallest absolute Gasteiger partial charge is 0.414 e. The van der Waals surface area contributed by atoms with Gasteiger partial charge >= 0.3 is 6.09 Å². The number of amides is 2. The van der Waals surface area contributed by atoms with Crippen molar-refractivity contribution in [2.75, 3.05) is 54.9 Å². The molecule has 166 valence electrons. The average molecular weight is 449 g/mol. The standard InChI is InChI=1S/C18H23F3N3O5P/c1-3-28-30(27)6-4-23(5-7-30)17-13(19)8-14(15(20)16(17)21)24-10-12(29-18(24)26)9-22-11(2)25/h8,12H,3-7,9-10H2,1-2H3,(H,22,25)/t12-/m0/s1. The van der Waals surface area contributed by atoms with Crippen LogP contribution in [-0.2, 0) is 18.6 Å². The van der Waals surface area contributed by atoms with E-state index in [0.29, 0.717) is 0 Å². The Morgan fingerprint density at radius 2 is 1.97 bits per heavy atom. The van der Waals surface area contributed by atoms with E-state index in [0.717, 1.165) is 11.0 Å². The van der Waals surface area contributed by atoms with E-state index in [1.54, 1.807) is 6.92 Å². The predicted octanol–water partition coefficient (Wildman–Crippen LogP) is 2.70. The number of carbonyl (C=O) groups excluding carboxylic acids is 2. The second-order valence-corrected chi connectivity index (χ2v) is 9.86. The van der Waals surface area contributed by atoms with Crippen molar-refractivity contribution >= 4 is 30.7 Å². The molecule has 1 N–H and O–H groups in total. The van der Waals surface area contributed by atoms with Crippen molar-refractivity contribution in [2.45, 2.75) is 20.0 Å². The van der Waals surface area contributed by atoms with Gasteiger partial charge in [0.25, 0.3) is 0 Å². The third-order valence-electron chi connectivity index (χ3n) is 4.96. The van der Waals surface area contributed by atoms with Crippen LogP contribution in [0.5, 0.6) is 0 Å². The molecular weight excluding hydrogens is 426 g/mol. The fraction of sp³-hybridized carbons (Fsp3) is 0.556. The first-order valence-electron chi connectivity index (χ1n) is 9.53. The summed E-state index contributed by atoms with van der Waals surface area (Å²) in [7, 11) is -2.85. The number of nitrogens with one attached hydrogen (secondary N) is 1. The van der Waals surface area contributed by atoms with Crippen LogP contribution in [0.3, 0.4) is 0 Å². The first kappa shape index (κ1) is 22.4. The van der Waals surface area contributed by atoms with Gasteiger partial charge < -0.3 is 19.5 Å². The molecule has 12 heteroatoms. The average Bonchev–Trinajstić information content (AvgIpc) is 3.05. The molecule has 0 aromatic heterocycles. The van der Waals surface area contributed by atoms with Gasteiger partial charge in [0.15, 0.2) is 17.5 Å². The molecule has 2 heterocycles. The number of halogens is 3. The van der Waals surface area contributed by atoms with Crippen LogP contribution in [0, 0.1) is 17.5 Å². The molecule has 2 aliphatic heterocycles. The molecule has 0 saturated carbocycles. The normalized spacial score (nSPS) is 21.0. The van der Waals surface area contributed by atoms with E-state index in [9.17, 15) is 27.3 Å². The van der Waals surface area contributed by atoms with Crippen LogP contribution in [0.25, 0.3) is 0 Å². The van der Waals surface area contributed by atoms with Gasteiger partial charge in [-0.25, -0.2) is 18.0 Å². The zero-order valence-electron chi connectivity index (χ0n) is 16.6. The Morgan fingerprint density at radius 3 is 2.57 bits per heavy atom. The lowest BCUT2D eigenvalue weighted by Gasteiger charge is -2.34. The highest BCUT2D eigenvalue weighted by molar-refractivity contribution is 7.59. The molecule has 2 amide bonds. The first-order valence-corrected chi connectivity index (χ1v) is 11.5. The molecule has 2 saturated heterocycles. The largest absolute Gasteiger partial charge is 0.442 e. The maximum absolute atomic E-state index is 14.8. The van der Waals surface area contributed by atoms with Crippen molar-refractivity contribution in [3.63, 3.8) is 0 Å². The van der Waals surface area contributed by atoms with Gasteiger partial charge in [-0.05, 0) is 6.92 Å². The summed E-state index contributed by atoms with van der Waals surface area (Å²) >= 11 is 0. The second-order valence-electron chi connectivity index (χ2n) is 7.07. The fourth-order valence-corrected chi connectivity index (χ4v) is 5.54. The van der Waals surface area contributed by atoms with Crippen molar-refractivity contribution in [1.29, 1.82) is 0 Å². The summed E-state index contributed by atoms with van der Waals surface area (Å²) in [4.78, 5) is 25.1. The Balaban J connectivity index is 1.80. The van der Waals surface area contributed by atoms with Gasteiger partial charge in [-0.1, -0.05) is 0 Å². The number of nitrogens with zero attached hydrogens (tertiary/aromatic N) is 2. The number of cyclic esters (lactones) is 1. The summed E-state index contributed by atoms with van der Waals surface area (Å²) in [5.41, 5.74) is -1.15. The Hall–Kier alpha value is -2.26. The van der Waals surface area contributed by atoms with Gasteiger partial charge in [-0.3, -0.25) is 14.3 Å². The lowest BCUT2D eigenvalue weighted by Crippen LogP contribution is -2.37. The zero-order chi connectivity index (χ0) is 22.1. The van der Waals surface area contributed by atoms with Crippen LogP contribution < -0.4 is 15.1 Å². The van der Waals surface area contributed by atoms with Crippen molar-refractivity contribution in [3.8, 4) is 0 Å². The molecule has 0 radical (unpaired) electrons. The summed E-state index contributed by atoms with van der Waals surface area (Å²) in [6.45, 7) is 3.20. The number of rotatable bonds is 6. The topological polar surface area (TPSA) is 88.2 Å². The summed E-state index contributed by atoms with van der Waals surface area (Å²) in [5.74, 6) is -4.21. The van der Waals surface area contributed by atoms with Crippen molar-refractivity contribution in [1.82, 2.24) is 5.32 Å². The number of ether oxygens (including phenoxy) is 1. The molecule has 3 rings (SSSR count). The summed E-state index contributed by atoms with van der Waals surface area (Å²) in [6, 6.07) is 0.743. The minimum Gasteiger partial charge on any atom is -0.442 e. The highest BCUT2D eigenvalue weighted by Crippen LogP contribution is 2.49. The highest BCUT2D eigenvalue weighted by atomic mass is 31.2. The van der Waals surface area contributed by atoms with Gasteiger partial charge in [-0.15, -0.1) is 0 Å². The van der Waals surface area contributed by atoms with Crippen LogP contribution in [0.4, 0.5) is 29.3 Å². The van der Waals surface area contributed by atoms with E-state index in [1.807, 2.05) is 0 Å². The Kier molecular flexibility index (Phi) is 6.62. The molecule has 8 nitrogen and oxygen atoms in total. The number of hydrogen-bond acceptors (Lipinski definition) is 6. The van der Waals surface area contributed by atoms with E-state index in [1.165, 1.54) is 11.8 Å². The van der Waals surface area contributed by atoms with Crippen LogP contribution >= 0.6 is 7.37 Å². The third kappa shape index (κ3) is 4.57. The van der Waals surface area contributed by atoms with Crippen molar-refractivity contribution in [2.24, 2.45) is 0 Å². The van der Waals surface area contributed by atoms with E-state index >= 15 is 0 Å². The number of benzene rings is 1. The van der Waals surface area contributed by atoms with Gasteiger partial charge in [0.2, 0.25) is 13.3 Å². The maximum atomic E-state index is 14.8. The van der Waals surface area contributed by atoms with Crippen LogP contribution in [-0.4, -0.2) is 63.2 Å². The second kappa shape index (κ2) is 8.85. The zero-order valence-corrected chi connectivity index (χ0v) is 17.5. The van der Waals surface area contributed by atoms with Crippen molar-refractivity contribution in [3.05, 3.63) is 23.5 Å². The van der Waals surface area contributed by atoms with Crippen molar-refractivity contribution < 1.29 is 36.6 Å². The van der Waals surface area contributed by atoms with E-state index in [4.69, 9.17) is 9.26 Å². The number of hydrogen-bond donors (Lipinski definition) is 1. The summed E-state index contributed by atoms with van der Waals surface area (Å²) < 4.78 is 67.0. The minimum atomic E-state index is -2.85. The third-order valence-corrected chi connectivity index (χ3v) is 7.45. The molecule has 1 aromatic rings. The van der Waals surface area contributed by atoms with Crippen LogP contribution in [0.15, 0.2) is 6.07 Å². The predicted molar refractivity (Wildman–Crippen MR) is 104 cm³/mol. The molecule has 0 bridgehead atoms. The molecule has 1 atom stereocenters. The molecule has 0 aliphatic carbocycles. The lowest BCUT2D eigenvalue weighted by atomic mass is 10.2. The van der Waals surface area contributed by atoms with Gasteiger partial charge in [0, 0.05) is 38.4 Å². The molecule has 2 fully saturated rings. The first-order chi connectivity index (χ1) is 14.1. The van der Waals surface area contributed by atoms with E-state index in [-0.39, 0.29) is 51.0 Å². The molecule has 1 aromatic carbocycles. The molecule has 0 unspecified atom stereocenters. The highest BCUT2D eigenvalue weighted by Gasteiger charge is 2.37. The number of anilines is 2. The Labute approximate surface area is 171 Å². The summed E-state index contributed by atoms with van der Waals surface area (Å²) in [6.07, 6.45) is -1.54. The van der Waals surface area contributed by atoms with Gasteiger partial charge in [0.1, 0.15) is 11.8 Å². The van der Waals surface area contributed by atoms with Crippen LogP contribution in [0.1, 0.15) is 13.8 Å². The quantitative estimate of drug-likeness (QED) is 0.531. The molecular formula is C18H23F3N3O5P. The van der Waals surface area contributed by atoms with Crippen LogP contribution in [0.2, 0.25) is 0 Å².